The first-order valence-electron chi connectivity index (χ1n) is 7.59. The lowest BCUT2D eigenvalue weighted by Crippen LogP contribution is -2.33. The van der Waals surface area contributed by atoms with E-state index in [1.54, 1.807) is 4.90 Å². The predicted molar refractivity (Wildman–Crippen MR) is 80.4 cm³/mol. The second kappa shape index (κ2) is 7.18. The van der Waals surface area contributed by atoms with E-state index in [9.17, 15) is 13.9 Å². The van der Waals surface area contributed by atoms with Crippen molar-refractivity contribution in [3.8, 4) is 0 Å². The quantitative estimate of drug-likeness (QED) is 0.847. The van der Waals surface area contributed by atoms with Crippen LogP contribution in [0.5, 0.6) is 0 Å². The van der Waals surface area contributed by atoms with Crippen molar-refractivity contribution < 1.29 is 13.9 Å². The third kappa shape index (κ3) is 3.92. The zero-order valence-corrected chi connectivity index (χ0v) is 12.7. The summed E-state index contributed by atoms with van der Waals surface area (Å²) in [6.45, 7) is 5.94. The van der Waals surface area contributed by atoms with Crippen LogP contribution < -0.4 is 10.2 Å². The summed E-state index contributed by atoms with van der Waals surface area (Å²) in [7, 11) is 0. The number of benzene rings is 1. The number of aliphatic hydroxyl groups is 1. The lowest BCUT2D eigenvalue weighted by molar-refractivity contribution is 0.265. The van der Waals surface area contributed by atoms with Gasteiger partial charge in [0.1, 0.15) is 17.3 Å². The van der Waals surface area contributed by atoms with Crippen LogP contribution in [0.1, 0.15) is 32.3 Å². The van der Waals surface area contributed by atoms with Gasteiger partial charge in [-0.2, -0.15) is 0 Å². The molecule has 1 saturated heterocycles. The van der Waals surface area contributed by atoms with Crippen LogP contribution in [0.4, 0.5) is 14.5 Å². The standard InChI is InChI=1S/C16H24F2N2O/c1-11(2)8-19-9-12-6-14(17)16(15(18)7-12)20-5-3-4-13(20)10-21/h6-7,11,13,19,21H,3-5,8-10H2,1-2H3. The molecule has 1 fully saturated rings. The van der Waals surface area contributed by atoms with E-state index in [1.807, 2.05) is 0 Å². The molecule has 3 nitrogen and oxygen atoms in total. The number of nitrogens with one attached hydrogen (secondary N) is 1. The molecule has 1 aliphatic heterocycles. The second-order valence-corrected chi connectivity index (χ2v) is 6.10. The molecule has 0 aliphatic carbocycles. The Morgan fingerprint density at radius 1 is 1.33 bits per heavy atom. The maximum atomic E-state index is 14.3. The Hall–Kier alpha value is -1.20. The van der Waals surface area contributed by atoms with Gasteiger partial charge in [0.25, 0.3) is 0 Å². The molecule has 5 heteroatoms. The summed E-state index contributed by atoms with van der Waals surface area (Å²) in [5.74, 6) is -0.595. The first kappa shape index (κ1) is 16.2. The molecule has 1 aromatic rings. The highest BCUT2D eigenvalue weighted by atomic mass is 19.1. The minimum Gasteiger partial charge on any atom is -0.394 e. The largest absolute Gasteiger partial charge is 0.394 e. The van der Waals surface area contributed by atoms with Gasteiger partial charge in [-0.05, 0) is 43.0 Å². The van der Waals surface area contributed by atoms with Crippen LogP contribution >= 0.6 is 0 Å². The highest BCUT2D eigenvalue weighted by molar-refractivity contribution is 5.52. The fourth-order valence-electron chi connectivity index (χ4n) is 2.82. The molecular weight excluding hydrogens is 274 g/mol. The van der Waals surface area contributed by atoms with E-state index < -0.39 is 11.6 Å². The minimum absolute atomic E-state index is 0.000778. The zero-order chi connectivity index (χ0) is 15.4. The molecule has 0 bridgehead atoms. The Bertz CT molecular complexity index is 456. The number of anilines is 1. The molecule has 0 spiro atoms. The number of hydrogen-bond acceptors (Lipinski definition) is 3. The summed E-state index contributed by atoms with van der Waals surface area (Å²) in [4.78, 5) is 1.65. The fraction of sp³-hybridized carbons (Fsp3) is 0.625. The Labute approximate surface area is 125 Å². The molecule has 2 N–H and O–H groups in total. The third-order valence-corrected chi connectivity index (χ3v) is 3.83. The van der Waals surface area contributed by atoms with E-state index >= 15 is 0 Å². The van der Waals surface area contributed by atoms with Gasteiger partial charge in [0.2, 0.25) is 0 Å². The van der Waals surface area contributed by atoms with Gasteiger partial charge >= 0.3 is 0 Å². The first-order chi connectivity index (χ1) is 10.0. The van der Waals surface area contributed by atoms with Gasteiger partial charge in [-0.3, -0.25) is 0 Å². The van der Waals surface area contributed by atoms with Gasteiger partial charge in [-0.15, -0.1) is 0 Å². The van der Waals surface area contributed by atoms with Crippen molar-refractivity contribution in [2.24, 2.45) is 5.92 Å². The number of nitrogens with zero attached hydrogens (tertiary/aromatic N) is 1. The number of halogens is 2. The van der Waals surface area contributed by atoms with E-state index in [-0.39, 0.29) is 18.3 Å². The SMILES string of the molecule is CC(C)CNCc1cc(F)c(N2CCCC2CO)c(F)c1. The Balaban J connectivity index is 2.13. The van der Waals surface area contributed by atoms with Crippen molar-refractivity contribution in [1.82, 2.24) is 5.32 Å². The smallest absolute Gasteiger partial charge is 0.149 e. The monoisotopic (exact) mass is 298 g/mol. The van der Waals surface area contributed by atoms with Crippen LogP contribution in [0.2, 0.25) is 0 Å². The molecule has 21 heavy (non-hydrogen) atoms. The second-order valence-electron chi connectivity index (χ2n) is 6.10. The van der Waals surface area contributed by atoms with E-state index in [0.29, 0.717) is 24.6 Å². The van der Waals surface area contributed by atoms with Crippen molar-refractivity contribution in [2.45, 2.75) is 39.3 Å². The third-order valence-electron chi connectivity index (χ3n) is 3.83. The Morgan fingerprint density at radius 2 is 2.00 bits per heavy atom. The lowest BCUT2D eigenvalue weighted by Gasteiger charge is -2.26. The van der Waals surface area contributed by atoms with Gasteiger partial charge in [-0.1, -0.05) is 13.8 Å². The van der Waals surface area contributed by atoms with Gasteiger partial charge in [0.05, 0.1) is 12.6 Å². The summed E-state index contributed by atoms with van der Waals surface area (Å²) < 4.78 is 28.5. The van der Waals surface area contributed by atoms with Gasteiger partial charge in [0, 0.05) is 13.1 Å². The van der Waals surface area contributed by atoms with Crippen molar-refractivity contribution in [3.63, 3.8) is 0 Å². The summed E-state index contributed by atoms with van der Waals surface area (Å²) in [5.41, 5.74) is 0.605. The molecule has 1 unspecified atom stereocenters. The van der Waals surface area contributed by atoms with Crippen molar-refractivity contribution >= 4 is 5.69 Å². The molecule has 1 aliphatic rings. The average molecular weight is 298 g/mol. The van der Waals surface area contributed by atoms with E-state index in [2.05, 4.69) is 19.2 Å². The van der Waals surface area contributed by atoms with Gasteiger partial charge in [-0.25, -0.2) is 8.78 Å². The molecule has 1 atom stereocenters. The molecule has 0 aromatic heterocycles. The van der Waals surface area contributed by atoms with Crippen LogP contribution in [-0.2, 0) is 6.54 Å². The number of aliphatic hydroxyl groups excluding tert-OH is 1. The molecule has 118 valence electrons. The average Bonchev–Trinajstić information content (AvgIpc) is 2.85. The minimum atomic E-state index is -0.545. The molecule has 0 amide bonds. The predicted octanol–water partition coefficient (Wildman–Crippen LogP) is 2.67. The Morgan fingerprint density at radius 3 is 2.57 bits per heavy atom. The number of rotatable bonds is 6. The summed E-state index contributed by atoms with van der Waals surface area (Å²) in [6.07, 6.45) is 1.62. The van der Waals surface area contributed by atoms with Gasteiger partial charge < -0.3 is 15.3 Å². The van der Waals surface area contributed by atoms with Crippen LogP contribution in [0.25, 0.3) is 0 Å². The zero-order valence-electron chi connectivity index (χ0n) is 12.7. The molecule has 0 saturated carbocycles. The van der Waals surface area contributed by atoms with E-state index in [0.717, 1.165) is 19.4 Å². The van der Waals surface area contributed by atoms with E-state index in [4.69, 9.17) is 0 Å². The van der Waals surface area contributed by atoms with E-state index in [1.165, 1.54) is 12.1 Å². The van der Waals surface area contributed by atoms with Crippen LogP contribution in [-0.4, -0.2) is 30.8 Å². The Kier molecular flexibility index (Phi) is 5.53. The molecule has 0 radical (unpaired) electrons. The first-order valence-corrected chi connectivity index (χ1v) is 7.59. The maximum Gasteiger partial charge on any atom is 0.149 e. The summed E-state index contributed by atoms with van der Waals surface area (Å²) >= 11 is 0. The normalized spacial score (nSPS) is 18.8. The van der Waals surface area contributed by atoms with Crippen LogP contribution in [0.3, 0.4) is 0 Å². The van der Waals surface area contributed by atoms with Crippen LogP contribution in [0, 0.1) is 17.6 Å². The molecule has 1 aromatic carbocycles. The van der Waals surface area contributed by atoms with Crippen LogP contribution in [0.15, 0.2) is 12.1 Å². The maximum absolute atomic E-state index is 14.3. The highest BCUT2D eigenvalue weighted by Gasteiger charge is 2.28. The van der Waals surface area contributed by atoms with Crippen molar-refractivity contribution in [2.75, 3.05) is 24.6 Å². The van der Waals surface area contributed by atoms with Crippen molar-refractivity contribution in [1.29, 1.82) is 0 Å². The summed E-state index contributed by atoms with van der Waals surface area (Å²) in [5, 5.41) is 12.5. The molecular formula is C16H24F2N2O. The lowest BCUT2D eigenvalue weighted by atomic mass is 10.1. The highest BCUT2D eigenvalue weighted by Crippen LogP contribution is 2.31. The topological polar surface area (TPSA) is 35.5 Å². The van der Waals surface area contributed by atoms with Gasteiger partial charge in [0.15, 0.2) is 0 Å². The molecule has 2 rings (SSSR count). The number of hydrogen-bond donors (Lipinski definition) is 2. The van der Waals surface area contributed by atoms with Crippen molar-refractivity contribution in [3.05, 3.63) is 29.3 Å². The fourth-order valence-corrected chi connectivity index (χ4v) is 2.82. The summed E-state index contributed by atoms with van der Waals surface area (Å²) in [6, 6.07) is 2.59. The molecule has 1 heterocycles.